The molecule has 0 amide bonds. The van der Waals surface area contributed by atoms with E-state index in [1.54, 1.807) is 12.1 Å². The Hall–Kier alpha value is -3.42. The molecule has 0 aliphatic heterocycles. The number of carboxylic acids is 1. The number of aryl methyl sites for hydroxylation is 1. The van der Waals surface area contributed by atoms with Gasteiger partial charge in [-0.1, -0.05) is 31.1 Å². The normalized spacial score (nSPS) is 11.0. The van der Waals surface area contributed by atoms with Crippen molar-refractivity contribution in [2.75, 3.05) is 7.11 Å². The number of halogens is 1. The van der Waals surface area contributed by atoms with Crippen LogP contribution in [0.5, 0.6) is 11.6 Å². The summed E-state index contributed by atoms with van der Waals surface area (Å²) < 4.78 is 31.0. The van der Waals surface area contributed by atoms with Crippen LogP contribution in [0.1, 0.15) is 37.1 Å². The van der Waals surface area contributed by atoms with Crippen molar-refractivity contribution in [3.8, 4) is 23.0 Å². The number of rotatable bonds is 10. The zero-order valence-corrected chi connectivity index (χ0v) is 17.7. The van der Waals surface area contributed by atoms with E-state index < -0.39 is 11.8 Å². The highest BCUT2D eigenvalue weighted by atomic mass is 19.1. The van der Waals surface area contributed by atoms with E-state index in [9.17, 15) is 9.18 Å². The molecule has 0 radical (unpaired) electrons. The second-order valence-corrected chi connectivity index (χ2v) is 7.57. The third kappa shape index (κ3) is 5.81. The van der Waals surface area contributed by atoms with E-state index in [1.165, 1.54) is 13.2 Å². The van der Waals surface area contributed by atoms with Gasteiger partial charge in [0.15, 0.2) is 11.6 Å². The van der Waals surface area contributed by atoms with Crippen LogP contribution < -0.4 is 9.47 Å². The standard InChI is InChI=1S/C23H25FN2O5/c1-14(2)9-18-20(13-30-16-6-4-5-15(10-16)7-8-22(27)28)26-31-23(18)17-11-21(29-3)25-12-19(17)24/h4-6,10-12,14H,7-9,13H2,1-3H3,(H,27,28). The van der Waals surface area contributed by atoms with Crippen LogP contribution in [0, 0.1) is 11.7 Å². The number of hydrogen-bond acceptors (Lipinski definition) is 6. The van der Waals surface area contributed by atoms with E-state index in [1.807, 2.05) is 12.1 Å². The van der Waals surface area contributed by atoms with Crippen molar-refractivity contribution in [1.82, 2.24) is 10.1 Å². The first-order chi connectivity index (χ1) is 14.9. The molecule has 7 nitrogen and oxygen atoms in total. The Bertz CT molecular complexity index is 1050. The minimum atomic E-state index is -0.847. The smallest absolute Gasteiger partial charge is 0.303 e. The van der Waals surface area contributed by atoms with Gasteiger partial charge < -0.3 is 19.1 Å². The molecule has 0 saturated heterocycles. The summed E-state index contributed by atoms with van der Waals surface area (Å²) in [4.78, 5) is 14.7. The van der Waals surface area contributed by atoms with E-state index >= 15 is 0 Å². The maximum atomic E-state index is 14.5. The molecule has 8 heteroatoms. The molecule has 0 atom stereocenters. The van der Waals surface area contributed by atoms with Crippen molar-refractivity contribution in [3.05, 3.63) is 59.2 Å². The number of aliphatic carboxylic acids is 1. The number of hydrogen-bond donors (Lipinski definition) is 1. The van der Waals surface area contributed by atoms with Gasteiger partial charge in [-0.25, -0.2) is 9.37 Å². The summed E-state index contributed by atoms with van der Waals surface area (Å²) in [5.41, 5.74) is 2.45. The van der Waals surface area contributed by atoms with E-state index in [0.717, 1.165) is 17.3 Å². The lowest BCUT2D eigenvalue weighted by Crippen LogP contribution is -2.04. The SMILES string of the molecule is COc1cc(-c2onc(COc3cccc(CCC(=O)O)c3)c2CC(C)C)c(F)cn1. The molecule has 1 N–H and O–H groups in total. The Morgan fingerprint density at radius 3 is 2.81 bits per heavy atom. The summed E-state index contributed by atoms with van der Waals surface area (Å²) in [5, 5.41) is 13.0. The predicted molar refractivity (Wildman–Crippen MR) is 112 cm³/mol. The number of nitrogens with zero attached hydrogens (tertiary/aromatic N) is 2. The average molecular weight is 428 g/mol. The molecule has 3 aromatic rings. The van der Waals surface area contributed by atoms with Crippen LogP contribution >= 0.6 is 0 Å². The van der Waals surface area contributed by atoms with Crippen LogP contribution in [0.2, 0.25) is 0 Å². The van der Waals surface area contributed by atoms with Gasteiger partial charge in [-0.05, 0) is 36.5 Å². The highest BCUT2D eigenvalue weighted by molar-refractivity contribution is 5.67. The van der Waals surface area contributed by atoms with Crippen LogP contribution in [-0.4, -0.2) is 28.3 Å². The first-order valence-corrected chi connectivity index (χ1v) is 9.98. The minimum Gasteiger partial charge on any atom is -0.487 e. The average Bonchev–Trinajstić information content (AvgIpc) is 3.13. The Morgan fingerprint density at radius 2 is 2.10 bits per heavy atom. The Kier molecular flexibility index (Phi) is 7.23. The maximum Gasteiger partial charge on any atom is 0.303 e. The number of ether oxygens (including phenoxy) is 2. The van der Waals surface area contributed by atoms with E-state index in [0.29, 0.717) is 30.0 Å². The van der Waals surface area contributed by atoms with Gasteiger partial charge in [-0.2, -0.15) is 0 Å². The quantitative estimate of drug-likeness (QED) is 0.501. The lowest BCUT2D eigenvalue weighted by molar-refractivity contribution is -0.136. The van der Waals surface area contributed by atoms with Gasteiger partial charge in [-0.15, -0.1) is 0 Å². The van der Waals surface area contributed by atoms with Gasteiger partial charge in [0.2, 0.25) is 5.88 Å². The molecular weight excluding hydrogens is 403 g/mol. The van der Waals surface area contributed by atoms with Crippen molar-refractivity contribution in [2.24, 2.45) is 5.92 Å². The molecular formula is C23H25FN2O5. The van der Waals surface area contributed by atoms with Crippen molar-refractivity contribution < 1.29 is 28.3 Å². The Morgan fingerprint density at radius 1 is 1.29 bits per heavy atom. The summed E-state index contributed by atoms with van der Waals surface area (Å²) in [6.07, 6.45) is 2.19. The topological polar surface area (TPSA) is 94.7 Å². The number of methoxy groups -OCH3 is 1. The van der Waals surface area contributed by atoms with E-state index in [2.05, 4.69) is 24.0 Å². The lowest BCUT2D eigenvalue weighted by atomic mass is 9.98. The minimum absolute atomic E-state index is 0.0512. The number of benzene rings is 1. The molecule has 1 aromatic carbocycles. The first-order valence-electron chi connectivity index (χ1n) is 9.98. The predicted octanol–water partition coefficient (Wildman–Crippen LogP) is 4.68. The van der Waals surface area contributed by atoms with Crippen molar-refractivity contribution >= 4 is 5.97 Å². The molecule has 0 spiro atoms. The Labute approximate surface area is 179 Å². The zero-order chi connectivity index (χ0) is 22.4. The van der Waals surface area contributed by atoms with Gasteiger partial charge >= 0.3 is 5.97 Å². The third-order valence-corrected chi connectivity index (χ3v) is 4.67. The Balaban J connectivity index is 1.84. The number of pyridine rings is 1. The van der Waals surface area contributed by atoms with Crippen LogP contribution in [-0.2, 0) is 24.2 Å². The zero-order valence-electron chi connectivity index (χ0n) is 17.7. The fraction of sp³-hybridized carbons (Fsp3) is 0.348. The molecule has 0 aliphatic carbocycles. The molecule has 31 heavy (non-hydrogen) atoms. The highest BCUT2D eigenvalue weighted by Crippen LogP contribution is 2.32. The molecule has 0 bridgehead atoms. The van der Waals surface area contributed by atoms with Crippen molar-refractivity contribution in [2.45, 2.75) is 39.7 Å². The number of aromatic nitrogens is 2. The van der Waals surface area contributed by atoms with Gasteiger partial charge in [-0.3, -0.25) is 4.79 Å². The fourth-order valence-electron chi connectivity index (χ4n) is 3.18. The van der Waals surface area contributed by atoms with Crippen LogP contribution in [0.15, 0.2) is 41.1 Å². The molecule has 0 unspecified atom stereocenters. The third-order valence-electron chi connectivity index (χ3n) is 4.67. The highest BCUT2D eigenvalue weighted by Gasteiger charge is 2.22. The summed E-state index contributed by atoms with van der Waals surface area (Å²) in [6.45, 7) is 4.24. The first kappa shape index (κ1) is 22.3. The van der Waals surface area contributed by atoms with Gasteiger partial charge in [0.05, 0.1) is 18.9 Å². The molecule has 3 rings (SSSR count). The molecule has 2 aromatic heterocycles. The molecule has 0 fully saturated rings. The summed E-state index contributed by atoms with van der Waals surface area (Å²) in [5.74, 6) is 0.114. The maximum absolute atomic E-state index is 14.5. The van der Waals surface area contributed by atoms with Crippen LogP contribution in [0.25, 0.3) is 11.3 Å². The van der Waals surface area contributed by atoms with Crippen LogP contribution in [0.3, 0.4) is 0 Å². The fourth-order valence-corrected chi connectivity index (χ4v) is 3.18. The monoisotopic (exact) mass is 428 g/mol. The number of carboxylic acid groups (broad SMARTS) is 1. The summed E-state index contributed by atoms with van der Waals surface area (Å²) in [6, 6.07) is 8.75. The molecule has 0 aliphatic rings. The van der Waals surface area contributed by atoms with Crippen molar-refractivity contribution in [3.63, 3.8) is 0 Å². The second kappa shape index (κ2) is 10.1. The van der Waals surface area contributed by atoms with Crippen molar-refractivity contribution in [1.29, 1.82) is 0 Å². The second-order valence-electron chi connectivity index (χ2n) is 7.57. The van der Waals surface area contributed by atoms with Gasteiger partial charge in [0.1, 0.15) is 18.1 Å². The van der Waals surface area contributed by atoms with Gasteiger partial charge in [0, 0.05) is 18.1 Å². The molecule has 0 saturated carbocycles. The van der Waals surface area contributed by atoms with E-state index in [4.69, 9.17) is 19.1 Å². The lowest BCUT2D eigenvalue weighted by Gasteiger charge is -2.10. The van der Waals surface area contributed by atoms with E-state index in [-0.39, 0.29) is 30.4 Å². The largest absolute Gasteiger partial charge is 0.487 e. The van der Waals surface area contributed by atoms with Gasteiger partial charge in [0.25, 0.3) is 0 Å². The molecule has 2 heterocycles. The summed E-state index contributed by atoms with van der Waals surface area (Å²) in [7, 11) is 1.46. The van der Waals surface area contributed by atoms with Crippen LogP contribution in [0.4, 0.5) is 4.39 Å². The molecule has 164 valence electrons. The summed E-state index contributed by atoms with van der Waals surface area (Å²) >= 11 is 0. The number of carbonyl (C=O) groups is 1.